The van der Waals surface area contributed by atoms with Gasteiger partial charge >= 0.3 is 0 Å². The van der Waals surface area contributed by atoms with Crippen molar-refractivity contribution in [3.63, 3.8) is 0 Å². The molecule has 0 aliphatic heterocycles. The molecule has 0 radical (unpaired) electrons. The van der Waals surface area contributed by atoms with Crippen molar-refractivity contribution in [3.8, 4) is 62.1 Å². The quantitative estimate of drug-likeness (QED) is 0.171. The summed E-state index contributed by atoms with van der Waals surface area (Å²) in [5, 5.41) is -1.29. The Kier molecular flexibility index (Phi) is 4.22. The number of hydrogen-bond acceptors (Lipinski definition) is 4. The normalized spacial score (nSPS) is 16.3. The molecule has 11 rings (SSSR count). The molecule has 5 nitrogen and oxygen atoms in total. The number of nitrogens with zero attached hydrogens (tertiary/aromatic N) is 4. The fourth-order valence-electron chi connectivity index (χ4n) is 6.86. The molecule has 0 unspecified atom stereocenters. The Morgan fingerprint density at radius 2 is 1.02 bits per heavy atom. The third-order valence-electron chi connectivity index (χ3n) is 9.40. The van der Waals surface area contributed by atoms with Crippen LogP contribution < -0.4 is 0 Å². The molecule has 5 heteroatoms. The maximum atomic E-state index is 9.54. The summed E-state index contributed by atoms with van der Waals surface area (Å²) in [6.07, 6.45) is 0. The minimum absolute atomic E-state index is 0.181. The van der Waals surface area contributed by atoms with E-state index in [4.69, 9.17) is 37.2 Å². The smallest absolute Gasteiger partial charge is 0.167 e. The molecule has 3 heterocycles. The fourth-order valence-corrected chi connectivity index (χ4v) is 6.86. The van der Waals surface area contributed by atoms with E-state index in [-0.39, 0.29) is 33.1 Å². The summed E-state index contributed by atoms with van der Waals surface area (Å²) in [5.41, 5.74) is 0.625. The summed E-state index contributed by atoms with van der Waals surface area (Å²) in [6.45, 7) is 0. The van der Waals surface area contributed by atoms with Crippen LogP contribution in [0.4, 0.5) is 0 Å². The van der Waals surface area contributed by atoms with Crippen LogP contribution in [0, 0.1) is 0 Å². The van der Waals surface area contributed by atoms with Gasteiger partial charge in [0.05, 0.1) is 42.6 Å². The monoisotopic (exact) mass is 735 g/mol. The number of rotatable bonds is 6. The molecule has 56 heavy (non-hydrogen) atoms. The van der Waals surface area contributed by atoms with Gasteiger partial charge in [0.2, 0.25) is 0 Å². The Hall–Kier alpha value is -7.63. The molecule has 0 fully saturated rings. The van der Waals surface area contributed by atoms with Crippen molar-refractivity contribution >= 4 is 43.7 Å². The van der Waals surface area contributed by atoms with Crippen LogP contribution >= 0.6 is 0 Å². The number of benzene rings is 8. The molecule has 0 saturated carbocycles. The van der Waals surface area contributed by atoms with E-state index in [1.807, 2.05) is 54.6 Å². The lowest BCUT2D eigenvalue weighted by Gasteiger charge is -2.11. The second kappa shape index (κ2) is 13.0. The van der Waals surface area contributed by atoms with Crippen molar-refractivity contribution in [1.29, 1.82) is 0 Å². The van der Waals surface area contributed by atoms with Crippen LogP contribution in [0.2, 0.25) is 0 Å². The second-order valence-corrected chi connectivity index (χ2v) is 12.6. The Bertz CT molecular complexity index is 4320. The zero-order chi connectivity index (χ0) is 53.5. The Labute approximate surface area is 349 Å². The van der Waals surface area contributed by atoms with Gasteiger partial charge in [0, 0.05) is 38.4 Å². The first kappa shape index (κ1) is 18.1. The molecule has 0 aliphatic carbocycles. The van der Waals surface area contributed by atoms with Gasteiger partial charge in [-0.1, -0.05) is 151 Å². The van der Waals surface area contributed by atoms with Crippen molar-refractivity contribution < 1.29 is 30.5 Å². The second-order valence-electron chi connectivity index (χ2n) is 12.6. The van der Waals surface area contributed by atoms with Crippen LogP contribution in [0.25, 0.3) is 106 Å². The summed E-state index contributed by atoms with van der Waals surface area (Å²) >= 11 is 0. The van der Waals surface area contributed by atoms with Crippen molar-refractivity contribution in [2.24, 2.45) is 0 Å². The van der Waals surface area contributed by atoms with Gasteiger partial charge in [0.25, 0.3) is 0 Å². The largest absolute Gasteiger partial charge is 0.455 e. The van der Waals surface area contributed by atoms with Gasteiger partial charge in [-0.2, -0.15) is 0 Å². The molecule has 262 valence electrons. The van der Waals surface area contributed by atoms with E-state index in [2.05, 4.69) is 0 Å². The number of fused-ring (bicyclic) bond motifs is 6. The summed E-state index contributed by atoms with van der Waals surface area (Å²) in [7, 11) is 0. The van der Waals surface area contributed by atoms with Crippen LogP contribution in [-0.4, -0.2) is 19.5 Å². The van der Waals surface area contributed by atoms with Crippen molar-refractivity contribution in [3.05, 3.63) is 194 Å². The number of hydrogen-bond donors (Lipinski definition) is 0. The van der Waals surface area contributed by atoms with Gasteiger partial charge in [-0.3, -0.25) is 0 Å². The topological polar surface area (TPSA) is 56.7 Å². The molecule has 8 aromatic carbocycles. The lowest BCUT2D eigenvalue weighted by Crippen LogP contribution is -2.01. The number of aromatic nitrogens is 4. The van der Waals surface area contributed by atoms with Gasteiger partial charge in [0.1, 0.15) is 11.2 Å². The number of furan rings is 1. The first-order valence-electron chi connectivity index (χ1n) is 26.7. The molecule has 0 spiro atoms. The highest BCUT2D eigenvalue weighted by molar-refractivity contribution is 6.15. The van der Waals surface area contributed by atoms with Gasteiger partial charge in [-0.25, -0.2) is 15.0 Å². The molecular formula is C51H32N4O. The molecule has 11 aromatic rings. The SMILES string of the molecule is [2H]c1c([2H])c([2H])c(-n2c3c([2H])c([2H])c([2H])c([2H])c3c3c(-c4nc(-c5ccc(-c6cccc(-c7ccccc7)c6)cc5)nc(-c5c([2H])c([2H])c([2H])c6c5oc5c([2H])c([2H])c([2H])c([2H])c56)n4)c([2H])c([2H])c([2H])c32)c([2H])c1[2H]. The third kappa shape index (κ3) is 5.29. The summed E-state index contributed by atoms with van der Waals surface area (Å²) in [5.74, 6) is -1.17. The zero-order valence-electron chi connectivity index (χ0n) is 47.7. The summed E-state index contributed by atoms with van der Waals surface area (Å²) in [4.78, 5) is 14.3. The molecular weight excluding hydrogens is 685 g/mol. The number of para-hydroxylation sites is 4. The highest BCUT2D eigenvalue weighted by atomic mass is 16.3. The predicted molar refractivity (Wildman–Crippen MR) is 229 cm³/mol. The summed E-state index contributed by atoms with van der Waals surface area (Å²) in [6, 6.07) is 10.4. The Morgan fingerprint density at radius 3 is 1.84 bits per heavy atom. The molecule has 0 amide bonds. The Balaban J connectivity index is 1.28. The average Bonchev–Trinajstić information content (AvgIpc) is 4.05. The maximum absolute atomic E-state index is 9.54. The fraction of sp³-hybridized carbons (Fsp3) is 0. The minimum Gasteiger partial charge on any atom is -0.455 e. The minimum atomic E-state index is -0.828. The first-order chi connectivity index (χ1) is 35.7. The van der Waals surface area contributed by atoms with Crippen molar-refractivity contribution in [2.45, 2.75) is 0 Å². The lowest BCUT2D eigenvalue weighted by molar-refractivity contribution is 0.669. The van der Waals surface area contributed by atoms with Crippen LogP contribution in [0.15, 0.2) is 198 Å². The van der Waals surface area contributed by atoms with E-state index < -0.39 is 165 Å². The van der Waals surface area contributed by atoms with E-state index in [9.17, 15) is 8.22 Å². The highest BCUT2D eigenvalue weighted by Crippen LogP contribution is 2.40. The van der Waals surface area contributed by atoms with Crippen LogP contribution in [0.1, 0.15) is 26.0 Å². The predicted octanol–water partition coefficient (Wildman–Crippen LogP) is 13.2. The van der Waals surface area contributed by atoms with Gasteiger partial charge in [-0.15, -0.1) is 0 Å². The molecule has 0 saturated heterocycles. The maximum Gasteiger partial charge on any atom is 0.167 e. The molecule has 0 atom stereocenters. The zero-order valence-corrected chi connectivity index (χ0v) is 28.7. The van der Waals surface area contributed by atoms with E-state index in [0.717, 1.165) is 26.8 Å². The van der Waals surface area contributed by atoms with Crippen molar-refractivity contribution in [1.82, 2.24) is 19.5 Å². The molecule has 0 aliphatic rings. The van der Waals surface area contributed by atoms with E-state index in [1.165, 1.54) is 0 Å². The lowest BCUT2D eigenvalue weighted by atomic mass is 9.98. The van der Waals surface area contributed by atoms with Crippen LogP contribution in [0.3, 0.4) is 0 Å². The van der Waals surface area contributed by atoms with Gasteiger partial charge in [0.15, 0.2) is 17.5 Å². The van der Waals surface area contributed by atoms with Gasteiger partial charge in [-0.05, 0) is 64.6 Å². The first-order valence-corrected chi connectivity index (χ1v) is 17.2. The van der Waals surface area contributed by atoms with E-state index >= 15 is 0 Å². The molecule has 3 aromatic heterocycles. The van der Waals surface area contributed by atoms with Gasteiger partial charge < -0.3 is 8.98 Å². The van der Waals surface area contributed by atoms with E-state index in [0.29, 0.717) is 0 Å². The standard InChI is InChI=1S/C51H32N4O/c1-3-14-33(15-4-1)36-16-11-17-37(32-36)34-28-30-35(31-29-34)49-52-50(54-51(53-49)43-24-12-22-40-39-20-8-10-27-46(39)56-48(40)43)42-23-13-26-45-47(42)41-21-7-9-25-44(41)55(45)38-18-5-2-6-19-38/h1-32H/i2D,5D,6D,7D,8D,9D,10D,12D,13D,18D,19D,20D,21D,22D,23D,24D,25D,26D,27D. The highest BCUT2D eigenvalue weighted by Gasteiger charge is 2.21. The average molecular weight is 736 g/mol. The molecule has 0 N–H and O–H groups in total. The van der Waals surface area contributed by atoms with Crippen molar-refractivity contribution in [2.75, 3.05) is 0 Å². The van der Waals surface area contributed by atoms with Crippen LogP contribution in [0.5, 0.6) is 0 Å². The summed E-state index contributed by atoms with van der Waals surface area (Å²) < 4.78 is 176. The van der Waals surface area contributed by atoms with E-state index in [1.54, 1.807) is 24.3 Å². The Morgan fingerprint density at radius 1 is 0.429 bits per heavy atom. The molecule has 0 bridgehead atoms. The van der Waals surface area contributed by atoms with Crippen LogP contribution in [-0.2, 0) is 0 Å². The third-order valence-corrected chi connectivity index (χ3v) is 9.40.